The Hall–Kier alpha value is -2.16. The van der Waals surface area contributed by atoms with Crippen LogP contribution < -0.4 is 0 Å². The fourth-order valence-electron chi connectivity index (χ4n) is 3.44. The largest absolute Gasteiger partial charge is 0.467 e. The van der Waals surface area contributed by atoms with Crippen molar-refractivity contribution in [1.82, 2.24) is 0 Å². The molecule has 2 atom stereocenters. The van der Waals surface area contributed by atoms with Crippen LogP contribution in [0.15, 0.2) is 53.5 Å². The van der Waals surface area contributed by atoms with E-state index in [0.29, 0.717) is 11.5 Å². The van der Waals surface area contributed by atoms with E-state index in [2.05, 4.69) is 26.0 Å². The molecule has 0 unspecified atom stereocenters. The highest BCUT2D eigenvalue weighted by Gasteiger charge is 2.51. The molecule has 0 N–H and O–H groups in total. The van der Waals surface area contributed by atoms with Crippen LogP contribution in [0.1, 0.15) is 36.6 Å². The third kappa shape index (κ3) is 1.67. The van der Waals surface area contributed by atoms with Gasteiger partial charge in [0.25, 0.3) is 0 Å². The fraction of sp³-hybridized carbons (Fsp3) is 0.278. The van der Waals surface area contributed by atoms with Gasteiger partial charge >= 0.3 is 0 Å². The molecule has 2 aliphatic rings. The van der Waals surface area contributed by atoms with E-state index in [1.807, 2.05) is 12.1 Å². The Morgan fingerprint density at radius 1 is 1.05 bits per heavy atom. The molecular formula is C18H16FNO. The Kier molecular flexibility index (Phi) is 2.49. The van der Waals surface area contributed by atoms with Crippen molar-refractivity contribution in [3.05, 3.63) is 71.0 Å². The van der Waals surface area contributed by atoms with E-state index in [4.69, 9.17) is 9.73 Å². The lowest BCUT2D eigenvalue weighted by atomic mass is 9.83. The van der Waals surface area contributed by atoms with Gasteiger partial charge in [0.2, 0.25) is 5.90 Å². The number of hydrogen-bond donors (Lipinski definition) is 0. The van der Waals surface area contributed by atoms with Gasteiger partial charge in [-0.3, -0.25) is 0 Å². The molecule has 1 heterocycles. The first-order valence-corrected chi connectivity index (χ1v) is 7.18. The van der Waals surface area contributed by atoms with E-state index in [1.54, 1.807) is 18.2 Å². The lowest BCUT2D eigenvalue weighted by Gasteiger charge is -2.23. The first-order chi connectivity index (χ1) is 10.1. The number of halogens is 1. The van der Waals surface area contributed by atoms with Crippen molar-refractivity contribution in [2.24, 2.45) is 4.99 Å². The summed E-state index contributed by atoms with van der Waals surface area (Å²) >= 11 is 0. The van der Waals surface area contributed by atoms with Gasteiger partial charge in [-0.1, -0.05) is 50.2 Å². The smallest absolute Gasteiger partial charge is 0.220 e. The van der Waals surface area contributed by atoms with Crippen LogP contribution in [-0.4, -0.2) is 11.9 Å². The molecular weight excluding hydrogens is 265 g/mol. The van der Waals surface area contributed by atoms with E-state index < -0.39 is 0 Å². The molecule has 2 nitrogen and oxygen atoms in total. The average molecular weight is 281 g/mol. The molecule has 1 aliphatic carbocycles. The van der Waals surface area contributed by atoms with Crippen LogP contribution in [-0.2, 0) is 10.2 Å². The fourth-order valence-corrected chi connectivity index (χ4v) is 3.44. The number of fused-ring (bicyclic) bond motifs is 3. The number of hydrogen-bond acceptors (Lipinski definition) is 2. The van der Waals surface area contributed by atoms with E-state index in [9.17, 15) is 4.39 Å². The summed E-state index contributed by atoms with van der Waals surface area (Å²) in [5.74, 6) is 0.132. The summed E-state index contributed by atoms with van der Waals surface area (Å²) in [7, 11) is 0. The Morgan fingerprint density at radius 3 is 2.57 bits per heavy atom. The van der Waals surface area contributed by atoms with Gasteiger partial charge < -0.3 is 4.74 Å². The molecule has 0 amide bonds. The Morgan fingerprint density at radius 2 is 1.76 bits per heavy atom. The van der Waals surface area contributed by atoms with E-state index in [-0.39, 0.29) is 23.4 Å². The number of rotatable bonds is 1. The molecule has 106 valence electrons. The molecule has 2 aromatic carbocycles. The van der Waals surface area contributed by atoms with Gasteiger partial charge in [0.15, 0.2) is 0 Å². The Bertz CT molecular complexity index is 750. The van der Waals surface area contributed by atoms with Gasteiger partial charge in [-0.05, 0) is 23.3 Å². The van der Waals surface area contributed by atoms with Crippen molar-refractivity contribution in [2.75, 3.05) is 0 Å². The third-order valence-electron chi connectivity index (χ3n) is 4.59. The maximum atomic E-state index is 13.9. The zero-order valence-electron chi connectivity index (χ0n) is 12.0. The Labute approximate surface area is 123 Å². The van der Waals surface area contributed by atoms with Gasteiger partial charge in [0.05, 0.1) is 5.56 Å². The van der Waals surface area contributed by atoms with Crippen LogP contribution in [0.25, 0.3) is 0 Å². The van der Waals surface area contributed by atoms with Crippen molar-refractivity contribution in [1.29, 1.82) is 0 Å². The zero-order valence-corrected chi connectivity index (χ0v) is 12.0. The van der Waals surface area contributed by atoms with Crippen molar-refractivity contribution in [3.8, 4) is 0 Å². The molecule has 0 radical (unpaired) electrons. The number of benzene rings is 2. The lowest BCUT2D eigenvalue weighted by molar-refractivity contribution is 0.186. The predicted molar refractivity (Wildman–Crippen MR) is 80.0 cm³/mol. The minimum atomic E-state index is -0.290. The van der Waals surface area contributed by atoms with Gasteiger partial charge in [0.1, 0.15) is 18.0 Å². The van der Waals surface area contributed by atoms with Gasteiger partial charge in [-0.2, -0.15) is 0 Å². The first kappa shape index (κ1) is 12.6. The van der Waals surface area contributed by atoms with Crippen molar-refractivity contribution in [3.63, 3.8) is 0 Å². The molecule has 4 rings (SSSR count). The minimum absolute atomic E-state index is 0.00417. The lowest BCUT2D eigenvalue weighted by Crippen LogP contribution is -2.27. The van der Waals surface area contributed by atoms with Gasteiger partial charge in [0, 0.05) is 5.41 Å². The average Bonchev–Trinajstić information content (AvgIpc) is 3.00. The summed E-state index contributed by atoms with van der Waals surface area (Å²) in [5.41, 5.74) is 2.79. The topological polar surface area (TPSA) is 21.6 Å². The molecule has 0 fully saturated rings. The normalized spacial score (nSPS) is 25.0. The minimum Gasteiger partial charge on any atom is -0.467 e. The molecule has 21 heavy (non-hydrogen) atoms. The van der Waals surface area contributed by atoms with E-state index >= 15 is 0 Å². The standard InChI is InChI=1S/C18H16FNO/c1-18(2)13-9-5-3-7-11(13)15-16(18)20-17(21-15)12-8-4-6-10-14(12)19/h3-10,15-16H,1-2H3/t15-,16-/m0/s1. The quantitative estimate of drug-likeness (QED) is 0.774. The van der Waals surface area contributed by atoms with Crippen LogP contribution in [0.3, 0.4) is 0 Å². The van der Waals surface area contributed by atoms with Crippen molar-refractivity contribution >= 4 is 5.90 Å². The van der Waals surface area contributed by atoms with Crippen LogP contribution in [0.2, 0.25) is 0 Å². The molecule has 0 saturated heterocycles. The molecule has 3 heteroatoms. The van der Waals surface area contributed by atoms with Crippen molar-refractivity contribution < 1.29 is 9.13 Å². The van der Waals surface area contributed by atoms with E-state index in [1.165, 1.54) is 17.2 Å². The van der Waals surface area contributed by atoms with Gasteiger partial charge in [-0.25, -0.2) is 9.38 Å². The van der Waals surface area contributed by atoms with Crippen LogP contribution >= 0.6 is 0 Å². The molecule has 0 spiro atoms. The highest BCUT2D eigenvalue weighted by atomic mass is 19.1. The second kappa shape index (κ2) is 4.17. The molecule has 0 saturated carbocycles. The predicted octanol–water partition coefficient (Wildman–Crippen LogP) is 4.00. The molecule has 0 bridgehead atoms. The second-order valence-corrected chi connectivity index (χ2v) is 6.21. The number of ether oxygens (including phenoxy) is 1. The highest BCUT2D eigenvalue weighted by Crippen LogP contribution is 2.51. The van der Waals surface area contributed by atoms with Crippen LogP contribution in [0, 0.1) is 5.82 Å². The Balaban J connectivity index is 1.80. The summed E-state index contributed by atoms with van der Waals surface area (Å²) in [6.45, 7) is 4.35. The summed E-state index contributed by atoms with van der Waals surface area (Å²) in [4.78, 5) is 4.70. The maximum Gasteiger partial charge on any atom is 0.220 e. The number of aliphatic imine (C=N–C) groups is 1. The third-order valence-corrected chi connectivity index (χ3v) is 4.59. The van der Waals surface area contributed by atoms with Crippen molar-refractivity contribution in [2.45, 2.75) is 31.4 Å². The number of nitrogens with zero attached hydrogens (tertiary/aromatic N) is 1. The zero-order chi connectivity index (χ0) is 14.6. The SMILES string of the molecule is CC1(C)c2ccccc2[C@@H]2OC(c3ccccc3F)=N[C@@H]21. The molecule has 2 aromatic rings. The summed E-state index contributed by atoms with van der Waals surface area (Å²) < 4.78 is 20.0. The van der Waals surface area contributed by atoms with Crippen LogP contribution in [0.4, 0.5) is 4.39 Å². The van der Waals surface area contributed by atoms with Gasteiger partial charge in [-0.15, -0.1) is 0 Å². The first-order valence-electron chi connectivity index (χ1n) is 7.18. The van der Waals surface area contributed by atoms with E-state index in [0.717, 1.165) is 0 Å². The maximum absolute atomic E-state index is 13.9. The summed E-state index contributed by atoms with van der Waals surface area (Å²) in [6.07, 6.45) is -0.106. The highest BCUT2D eigenvalue weighted by molar-refractivity contribution is 5.96. The monoisotopic (exact) mass is 281 g/mol. The van der Waals surface area contributed by atoms with Crippen LogP contribution in [0.5, 0.6) is 0 Å². The molecule has 0 aromatic heterocycles. The second-order valence-electron chi connectivity index (χ2n) is 6.21. The molecule has 1 aliphatic heterocycles. The summed E-state index contributed by atoms with van der Waals surface area (Å²) in [6, 6.07) is 14.9. The summed E-state index contributed by atoms with van der Waals surface area (Å²) in [5, 5.41) is 0.